The molecule has 1 aliphatic carbocycles. The van der Waals surface area contributed by atoms with Crippen molar-refractivity contribution in [1.29, 1.82) is 0 Å². The molecule has 4 aromatic rings. The minimum Gasteiger partial charge on any atom is -0.493 e. The van der Waals surface area contributed by atoms with Crippen LogP contribution >= 0.6 is 22.7 Å². The molecule has 0 amide bonds. The van der Waals surface area contributed by atoms with Gasteiger partial charge in [0.1, 0.15) is 5.78 Å². The topological polar surface area (TPSA) is 125 Å². The second kappa shape index (κ2) is 12.7. The molecule has 0 aliphatic heterocycles. The van der Waals surface area contributed by atoms with Crippen LogP contribution in [0.3, 0.4) is 0 Å². The number of carboxylic acid groups (broad SMARTS) is 1. The predicted molar refractivity (Wildman–Crippen MR) is 165 cm³/mol. The Labute approximate surface area is 256 Å². The summed E-state index contributed by atoms with van der Waals surface area (Å²) >= 11 is 2.69. The molecule has 1 saturated carbocycles. The first-order valence-corrected chi connectivity index (χ1v) is 15.5. The van der Waals surface area contributed by atoms with Gasteiger partial charge in [0, 0.05) is 46.2 Å². The molecule has 2 aromatic carbocycles. The molecule has 3 atom stereocenters. The molecule has 0 saturated heterocycles. The largest absolute Gasteiger partial charge is 0.493 e. The van der Waals surface area contributed by atoms with Crippen LogP contribution in [0.1, 0.15) is 52.5 Å². The van der Waals surface area contributed by atoms with E-state index in [1.165, 1.54) is 29.6 Å². The van der Waals surface area contributed by atoms with E-state index >= 15 is 0 Å². The number of aliphatic carboxylic acids is 1. The van der Waals surface area contributed by atoms with Gasteiger partial charge in [0.25, 0.3) is 0 Å². The van der Waals surface area contributed by atoms with Crippen LogP contribution in [0.5, 0.6) is 23.0 Å². The van der Waals surface area contributed by atoms with Crippen LogP contribution in [0.15, 0.2) is 36.4 Å². The zero-order chi connectivity index (χ0) is 30.8. The zero-order valence-electron chi connectivity index (χ0n) is 24.3. The third kappa shape index (κ3) is 6.67. The van der Waals surface area contributed by atoms with Crippen LogP contribution in [0.25, 0.3) is 20.2 Å². The number of ketones is 3. The summed E-state index contributed by atoms with van der Waals surface area (Å²) in [6, 6.07) is 11.0. The number of hydrogen-bond acceptors (Lipinski definition) is 10. The van der Waals surface area contributed by atoms with Gasteiger partial charge in [0.05, 0.1) is 43.1 Å². The molecule has 5 rings (SSSR count). The molecule has 9 nitrogen and oxygen atoms in total. The average molecular weight is 625 g/mol. The van der Waals surface area contributed by atoms with E-state index in [0.717, 1.165) is 20.2 Å². The number of ether oxygens (including phenoxy) is 4. The first-order valence-electron chi connectivity index (χ1n) is 13.9. The maximum atomic E-state index is 12.7. The van der Waals surface area contributed by atoms with Crippen LogP contribution in [-0.2, 0) is 9.59 Å². The number of Topliss-reactive ketones (excluding diaryl/α,β-unsaturated/α-hetero) is 3. The summed E-state index contributed by atoms with van der Waals surface area (Å²) in [6.07, 6.45) is 1.13. The molecule has 1 N–H and O–H groups in total. The van der Waals surface area contributed by atoms with Crippen molar-refractivity contribution in [3.63, 3.8) is 0 Å². The molecule has 0 bridgehead atoms. The van der Waals surface area contributed by atoms with Gasteiger partial charge in [-0.05, 0) is 48.4 Å². The highest BCUT2D eigenvalue weighted by Crippen LogP contribution is 2.44. The fraction of sp³-hybridized carbons (Fsp3) is 0.375. The lowest BCUT2D eigenvalue weighted by atomic mass is 10.0. The summed E-state index contributed by atoms with van der Waals surface area (Å²) in [4.78, 5) is 49.3. The van der Waals surface area contributed by atoms with E-state index in [-0.39, 0.29) is 29.7 Å². The Morgan fingerprint density at radius 2 is 1.35 bits per heavy atom. The van der Waals surface area contributed by atoms with Crippen molar-refractivity contribution >= 4 is 66.2 Å². The normalized spacial score (nSPS) is 16.6. The van der Waals surface area contributed by atoms with Crippen molar-refractivity contribution in [2.24, 2.45) is 17.8 Å². The lowest BCUT2D eigenvalue weighted by Gasteiger charge is -2.13. The monoisotopic (exact) mass is 624 g/mol. The van der Waals surface area contributed by atoms with Crippen LogP contribution in [-0.4, -0.2) is 55.9 Å². The van der Waals surface area contributed by atoms with Gasteiger partial charge < -0.3 is 24.1 Å². The number of fused-ring (bicyclic) bond motifs is 2. The summed E-state index contributed by atoms with van der Waals surface area (Å²) in [5.74, 6) is -0.291. The van der Waals surface area contributed by atoms with Gasteiger partial charge in [0.15, 0.2) is 34.6 Å². The number of benzene rings is 2. The van der Waals surface area contributed by atoms with Crippen LogP contribution in [0.4, 0.5) is 0 Å². The lowest BCUT2D eigenvalue weighted by Crippen LogP contribution is -2.11. The fourth-order valence-electron chi connectivity index (χ4n) is 4.78. The van der Waals surface area contributed by atoms with Gasteiger partial charge in [0.2, 0.25) is 0 Å². The van der Waals surface area contributed by atoms with Crippen molar-refractivity contribution in [1.82, 2.24) is 0 Å². The van der Waals surface area contributed by atoms with Crippen molar-refractivity contribution in [2.45, 2.75) is 33.1 Å². The number of methoxy groups -OCH3 is 2. The highest BCUT2D eigenvalue weighted by atomic mass is 32.1. The molecule has 2 heterocycles. The first kappa shape index (κ1) is 30.5. The van der Waals surface area contributed by atoms with E-state index < -0.39 is 17.8 Å². The average Bonchev–Trinajstić information content (AvgIpc) is 3.52. The van der Waals surface area contributed by atoms with Crippen molar-refractivity contribution in [2.75, 3.05) is 27.4 Å². The van der Waals surface area contributed by atoms with Crippen LogP contribution < -0.4 is 18.9 Å². The highest BCUT2D eigenvalue weighted by Gasteiger charge is 2.48. The summed E-state index contributed by atoms with van der Waals surface area (Å²) in [6.45, 7) is 3.95. The van der Waals surface area contributed by atoms with Crippen LogP contribution in [0, 0.1) is 17.8 Å². The van der Waals surface area contributed by atoms with Gasteiger partial charge >= 0.3 is 5.97 Å². The number of carbonyl (C=O) groups excluding carboxylic acids is 3. The van der Waals surface area contributed by atoms with Gasteiger partial charge in [-0.3, -0.25) is 19.2 Å². The Morgan fingerprint density at radius 3 is 1.84 bits per heavy atom. The van der Waals surface area contributed by atoms with Gasteiger partial charge in [-0.2, -0.15) is 0 Å². The standard InChI is InChI=1S/C32H32O9S2/c1-16(17(2)33)8-22(34)29-11-18-9-25(23(38-3)14-27(18)42-29)40-6-5-7-41-26-10-19-12-30(43-28(19)15-24(26)39-4)31(35)20-13-21(20)32(36)37/h9-12,14-16,20-21H,5-8,13H2,1-4H3,(H,36,37)/t16-,20-,21-/m0/s1. The molecule has 2 aromatic heterocycles. The predicted octanol–water partition coefficient (Wildman–Crippen LogP) is 6.68. The van der Waals surface area contributed by atoms with E-state index in [4.69, 9.17) is 24.1 Å². The van der Waals surface area contributed by atoms with Gasteiger partial charge in [-0.1, -0.05) is 6.92 Å². The molecular formula is C32H32O9S2. The van der Waals surface area contributed by atoms with E-state index in [1.807, 2.05) is 30.3 Å². The maximum Gasteiger partial charge on any atom is 0.307 e. The Bertz CT molecular complexity index is 1720. The van der Waals surface area contributed by atoms with Crippen molar-refractivity contribution in [3.8, 4) is 23.0 Å². The number of rotatable bonds is 15. The highest BCUT2D eigenvalue weighted by molar-refractivity contribution is 7.21. The quantitative estimate of drug-likeness (QED) is 0.114. The fourth-order valence-corrected chi connectivity index (χ4v) is 6.88. The Kier molecular flexibility index (Phi) is 9.03. The van der Waals surface area contributed by atoms with Crippen molar-refractivity contribution < 1.29 is 43.2 Å². The second-order valence-corrected chi connectivity index (χ2v) is 12.8. The van der Waals surface area contributed by atoms with E-state index in [9.17, 15) is 19.2 Å². The van der Waals surface area contributed by atoms with E-state index in [0.29, 0.717) is 58.8 Å². The molecule has 0 unspecified atom stereocenters. The molecule has 226 valence electrons. The first-order chi connectivity index (χ1) is 20.6. The summed E-state index contributed by atoms with van der Waals surface area (Å²) in [5, 5.41) is 10.9. The summed E-state index contributed by atoms with van der Waals surface area (Å²) in [5.41, 5.74) is 0. The smallest absolute Gasteiger partial charge is 0.307 e. The van der Waals surface area contributed by atoms with Gasteiger partial charge in [-0.15, -0.1) is 22.7 Å². The SMILES string of the molecule is COc1cc2sc(C(=O)C[C@H](C)C(C)=O)cc2cc1OCCCOc1cc2cc(C(=O)[C@H]3C[C@@H]3C(=O)O)sc2cc1OC. The molecule has 0 radical (unpaired) electrons. The molecule has 1 aliphatic rings. The Hall–Kier alpha value is -3.96. The third-order valence-corrected chi connectivity index (χ3v) is 9.81. The number of carbonyl (C=O) groups is 4. The molecule has 0 spiro atoms. The Balaban J connectivity index is 1.20. The number of thiophene rings is 2. The van der Waals surface area contributed by atoms with Crippen LogP contribution in [0.2, 0.25) is 0 Å². The lowest BCUT2D eigenvalue weighted by molar-refractivity contribution is -0.138. The zero-order valence-corrected chi connectivity index (χ0v) is 25.9. The molecule has 43 heavy (non-hydrogen) atoms. The second-order valence-electron chi connectivity index (χ2n) is 10.6. The number of carboxylic acids is 1. The number of hydrogen-bond donors (Lipinski definition) is 1. The third-order valence-electron chi connectivity index (χ3n) is 7.56. The van der Waals surface area contributed by atoms with E-state index in [2.05, 4.69) is 0 Å². The van der Waals surface area contributed by atoms with Gasteiger partial charge in [-0.25, -0.2) is 0 Å². The summed E-state index contributed by atoms with van der Waals surface area (Å²) < 4.78 is 24.8. The maximum absolute atomic E-state index is 12.7. The molecule has 11 heteroatoms. The minimum absolute atomic E-state index is 0.00648. The molecule has 1 fully saturated rings. The Morgan fingerprint density at radius 1 is 0.814 bits per heavy atom. The molecular weight excluding hydrogens is 592 g/mol. The summed E-state index contributed by atoms with van der Waals surface area (Å²) in [7, 11) is 3.11. The minimum atomic E-state index is -0.927. The van der Waals surface area contributed by atoms with E-state index in [1.54, 1.807) is 27.2 Å². The van der Waals surface area contributed by atoms with Crippen molar-refractivity contribution in [3.05, 3.63) is 46.2 Å².